The van der Waals surface area contributed by atoms with Gasteiger partial charge in [-0.25, -0.2) is 0 Å². The number of amides is 1. The van der Waals surface area contributed by atoms with Crippen LogP contribution in [-0.4, -0.2) is 34.4 Å². The second-order valence-corrected chi connectivity index (χ2v) is 4.89. The molecule has 2 rings (SSSR count). The molecule has 5 nitrogen and oxygen atoms in total. The maximum atomic E-state index is 12.1. The standard InChI is InChI=1S/C12H18N2O3/c1-2-3-5-9-6-4-7-13(9)12(15)10-8-11(10)14(16)17/h2,9-11H,1,3-8H2/t9?,10-,11-/m1/s1. The molecule has 5 heteroatoms. The summed E-state index contributed by atoms with van der Waals surface area (Å²) in [6.07, 6.45) is 6.16. The fraction of sp³-hybridized carbons (Fsp3) is 0.750. The van der Waals surface area contributed by atoms with Crippen molar-refractivity contribution in [1.82, 2.24) is 4.90 Å². The van der Waals surface area contributed by atoms with E-state index in [1.54, 1.807) is 0 Å². The van der Waals surface area contributed by atoms with Crippen LogP contribution in [0.25, 0.3) is 0 Å². The zero-order valence-corrected chi connectivity index (χ0v) is 9.88. The van der Waals surface area contributed by atoms with Crippen molar-refractivity contribution in [2.45, 2.75) is 44.2 Å². The molecular formula is C12H18N2O3. The minimum Gasteiger partial charge on any atom is -0.339 e. The largest absolute Gasteiger partial charge is 0.339 e. The molecule has 0 spiro atoms. The fourth-order valence-electron chi connectivity index (χ4n) is 2.63. The van der Waals surface area contributed by atoms with Crippen LogP contribution >= 0.6 is 0 Å². The van der Waals surface area contributed by atoms with Crippen LogP contribution < -0.4 is 0 Å². The number of nitrogens with zero attached hydrogens (tertiary/aromatic N) is 2. The lowest BCUT2D eigenvalue weighted by Crippen LogP contribution is -2.37. The minimum atomic E-state index is -0.622. The van der Waals surface area contributed by atoms with Gasteiger partial charge in [0.1, 0.15) is 5.92 Å². The molecule has 0 N–H and O–H groups in total. The van der Waals surface area contributed by atoms with Crippen molar-refractivity contribution in [3.63, 3.8) is 0 Å². The monoisotopic (exact) mass is 238 g/mol. The number of carbonyl (C=O) groups excluding carboxylic acids is 1. The Bertz CT molecular complexity index is 343. The van der Waals surface area contributed by atoms with E-state index in [0.717, 1.165) is 32.2 Å². The number of hydrogen-bond donors (Lipinski definition) is 0. The van der Waals surface area contributed by atoms with Crippen LogP contribution in [0, 0.1) is 16.0 Å². The SMILES string of the molecule is C=CCCC1CCCN1C(=O)[C@@H]1C[C@H]1[N+](=O)[O-]. The number of hydrogen-bond acceptors (Lipinski definition) is 3. The first-order valence-electron chi connectivity index (χ1n) is 6.20. The molecule has 2 fully saturated rings. The van der Waals surface area contributed by atoms with Crippen molar-refractivity contribution in [3.05, 3.63) is 22.8 Å². The molecule has 1 amide bonds. The first-order valence-corrected chi connectivity index (χ1v) is 6.20. The molecule has 0 bridgehead atoms. The zero-order chi connectivity index (χ0) is 12.4. The third kappa shape index (κ3) is 2.48. The fourth-order valence-corrected chi connectivity index (χ4v) is 2.63. The van der Waals surface area contributed by atoms with E-state index < -0.39 is 6.04 Å². The van der Waals surface area contributed by atoms with Gasteiger partial charge in [0.05, 0.1) is 0 Å². The third-order valence-electron chi connectivity index (χ3n) is 3.71. The average molecular weight is 238 g/mol. The van der Waals surface area contributed by atoms with Gasteiger partial charge in [-0.2, -0.15) is 0 Å². The Labute approximate surface area is 101 Å². The summed E-state index contributed by atoms with van der Waals surface area (Å²) in [6.45, 7) is 4.45. The average Bonchev–Trinajstić information content (AvgIpc) is 2.98. The van der Waals surface area contributed by atoms with Gasteiger partial charge in [-0.05, 0) is 25.7 Å². The van der Waals surface area contributed by atoms with Crippen molar-refractivity contribution in [1.29, 1.82) is 0 Å². The summed E-state index contributed by atoms with van der Waals surface area (Å²) in [7, 11) is 0. The quantitative estimate of drug-likeness (QED) is 0.415. The van der Waals surface area contributed by atoms with Crippen molar-refractivity contribution < 1.29 is 9.72 Å². The molecule has 17 heavy (non-hydrogen) atoms. The molecule has 0 aromatic carbocycles. The smallest absolute Gasteiger partial charge is 0.233 e. The Morgan fingerprint density at radius 1 is 1.59 bits per heavy atom. The second-order valence-electron chi connectivity index (χ2n) is 4.89. The van der Waals surface area contributed by atoms with E-state index in [1.807, 2.05) is 11.0 Å². The van der Waals surface area contributed by atoms with Gasteiger partial charge in [0.15, 0.2) is 0 Å². The lowest BCUT2D eigenvalue weighted by atomic mass is 10.1. The Hall–Kier alpha value is -1.39. The van der Waals surface area contributed by atoms with Crippen LogP contribution in [-0.2, 0) is 4.79 Å². The van der Waals surface area contributed by atoms with E-state index in [-0.39, 0.29) is 22.8 Å². The van der Waals surface area contributed by atoms with E-state index in [0.29, 0.717) is 6.42 Å². The Morgan fingerprint density at radius 2 is 2.35 bits per heavy atom. The summed E-state index contributed by atoms with van der Waals surface area (Å²) in [5.74, 6) is -0.354. The van der Waals surface area contributed by atoms with Gasteiger partial charge in [-0.1, -0.05) is 6.08 Å². The van der Waals surface area contributed by atoms with Gasteiger partial charge in [0.25, 0.3) is 0 Å². The molecule has 1 aliphatic heterocycles. The van der Waals surface area contributed by atoms with Gasteiger partial charge in [0, 0.05) is 23.9 Å². The first kappa shape index (κ1) is 12.1. The van der Waals surface area contributed by atoms with E-state index >= 15 is 0 Å². The molecule has 0 radical (unpaired) electrons. The van der Waals surface area contributed by atoms with Gasteiger partial charge < -0.3 is 4.90 Å². The van der Waals surface area contributed by atoms with Crippen molar-refractivity contribution in [3.8, 4) is 0 Å². The molecule has 1 aliphatic carbocycles. The van der Waals surface area contributed by atoms with Crippen LogP contribution in [0.15, 0.2) is 12.7 Å². The predicted molar refractivity (Wildman–Crippen MR) is 63.1 cm³/mol. The highest BCUT2D eigenvalue weighted by Gasteiger charge is 2.55. The van der Waals surface area contributed by atoms with Crippen LogP contribution in [0.4, 0.5) is 0 Å². The highest BCUT2D eigenvalue weighted by molar-refractivity contribution is 5.82. The second kappa shape index (κ2) is 4.85. The van der Waals surface area contributed by atoms with Crippen molar-refractivity contribution in [2.24, 2.45) is 5.92 Å². The van der Waals surface area contributed by atoms with E-state index in [1.165, 1.54) is 0 Å². The topological polar surface area (TPSA) is 63.5 Å². The Kier molecular flexibility index (Phi) is 3.45. The number of nitro groups is 1. The number of rotatable bonds is 5. The summed E-state index contributed by atoms with van der Waals surface area (Å²) in [4.78, 5) is 24.2. The van der Waals surface area contributed by atoms with Crippen LogP contribution in [0.2, 0.25) is 0 Å². The summed E-state index contributed by atoms with van der Waals surface area (Å²) < 4.78 is 0. The molecule has 1 saturated heterocycles. The van der Waals surface area contributed by atoms with Gasteiger partial charge in [-0.15, -0.1) is 6.58 Å². The summed E-state index contributed by atoms with van der Waals surface area (Å²) in [5.41, 5.74) is 0. The van der Waals surface area contributed by atoms with E-state index in [2.05, 4.69) is 6.58 Å². The summed E-state index contributed by atoms with van der Waals surface area (Å²) in [6, 6.07) is -0.350. The molecule has 1 saturated carbocycles. The number of likely N-dealkylation sites (tertiary alicyclic amines) is 1. The van der Waals surface area contributed by atoms with Crippen LogP contribution in [0.1, 0.15) is 32.1 Å². The molecule has 3 atom stereocenters. The summed E-state index contributed by atoms with van der Waals surface area (Å²) >= 11 is 0. The lowest BCUT2D eigenvalue weighted by Gasteiger charge is -2.24. The van der Waals surface area contributed by atoms with E-state index in [9.17, 15) is 14.9 Å². The normalized spacial score (nSPS) is 31.3. The zero-order valence-electron chi connectivity index (χ0n) is 9.88. The molecule has 0 aromatic rings. The van der Waals surface area contributed by atoms with Gasteiger partial charge >= 0.3 is 0 Å². The first-order chi connectivity index (χ1) is 8.15. The van der Waals surface area contributed by atoms with E-state index in [4.69, 9.17) is 0 Å². The van der Waals surface area contributed by atoms with Gasteiger partial charge in [0.2, 0.25) is 11.9 Å². The molecule has 2 aliphatic rings. The predicted octanol–water partition coefficient (Wildman–Crippen LogP) is 1.61. The molecule has 0 aromatic heterocycles. The van der Waals surface area contributed by atoms with Gasteiger partial charge in [-0.3, -0.25) is 14.9 Å². The minimum absolute atomic E-state index is 0.00161. The van der Waals surface area contributed by atoms with Crippen LogP contribution in [0.5, 0.6) is 0 Å². The highest BCUT2D eigenvalue weighted by Crippen LogP contribution is 2.37. The Balaban J connectivity index is 1.90. The molecule has 1 heterocycles. The number of carbonyl (C=O) groups is 1. The Morgan fingerprint density at radius 3 is 2.94 bits per heavy atom. The maximum Gasteiger partial charge on any atom is 0.233 e. The summed E-state index contributed by atoms with van der Waals surface area (Å²) in [5, 5.41) is 10.6. The molecule has 1 unspecified atom stereocenters. The lowest BCUT2D eigenvalue weighted by molar-refractivity contribution is -0.497. The maximum absolute atomic E-state index is 12.1. The number of allylic oxidation sites excluding steroid dienone is 1. The highest BCUT2D eigenvalue weighted by atomic mass is 16.6. The van der Waals surface area contributed by atoms with Crippen molar-refractivity contribution >= 4 is 5.91 Å². The molecule has 94 valence electrons. The van der Waals surface area contributed by atoms with Crippen molar-refractivity contribution in [2.75, 3.05) is 6.54 Å². The van der Waals surface area contributed by atoms with Crippen LogP contribution in [0.3, 0.4) is 0 Å². The third-order valence-corrected chi connectivity index (χ3v) is 3.71. The molecular weight excluding hydrogens is 220 g/mol.